The minimum atomic E-state index is -0.403. The maximum absolute atomic E-state index is 11.8. The molecule has 94 valence electrons. The number of hydrogen-bond donors (Lipinski definition) is 2. The largest absolute Gasteiger partial charge is 0.364 e. The van der Waals surface area contributed by atoms with Gasteiger partial charge in [-0.1, -0.05) is 0 Å². The Balaban J connectivity index is 2.09. The molecule has 0 atom stereocenters. The normalized spacial score (nSPS) is 10.3. The van der Waals surface area contributed by atoms with Gasteiger partial charge in [0.05, 0.1) is 6.54 Å². The molecule has 2 N–H and O–H groups in total. The van der Waals surface area contributed by atoms with Crippen LogP contribution in [0.4, 0.5) is 0 Å². The molecule has 2 aromatic rings. The zero-order valence-corrected chi connectivity index (χ0v) is 10.2. The summed E-state index contributed by atoms with van der Waals surface area (Å²) in [5, 5.41) is 2.66. The van der Waals surface area contributed by atoms with Crippen LogP contribution in [0, 0.1) is 6.92 Å². The fourth-order valence-electron chi connectivity index (χ4n) is 1.57. The van der Waals surface area contributed by atoms with Gasteiger partial charge in [-0.05, 0) is 6.92 Å². The summed E-state index contributed by atoms with van der Waals surface area (Å²) >= 11 is 0. The van der Waals surface area contributed by atoms with E-state index in [0.717, 1.165) is 11.5 Å². The maximum atomic E-state index is 11.8. The Kier molecular flexibility index (Phi) is 3.27. The number of carbonyl (C=O) groups is 1. The van der Waals surface area contributed by atoms with Crippen molar-refractivity contribution in [2.45, 2.75) is 13.5 Å². The molecule has 0 radical (unpaired) electrons. The third kappa shape index (κ3) is 2.48. The smallest absolute Gasteiger partial charge is 0.257 e. The van der Waals surface area contributed by atoms with Gasteiger partial charge in [0.2, 0.25) is 0 Å². The lowest BCUT2D eigenvalue weighted by molar-refractivity contribution is 0.0948. The van der Waals surface area contributed by atoms with E-state index in [1.54, 1.807) is 23.9 Å². The Morgan fingerprint density at radius 1 is 1.56 bits per heavy atom. The Morgan fingerprint density at radius 2 is 2.33 bits per heavy atom. The minimum Gasteiger partial charge on any atom is -0.364 e. The van der Waals surface area contributed by atoms with E-state index in [9.17, 15) is 9.59 Å². The highest BCUT2D eigenvalue weighted by Crippen LogP contribution is 1.96. The van der Waals surface area contributed by atoms with E-state index in [1.165, 1.54) is 12.3 Å². The lowest BCUT2D eigenvalue weighted by Crippen LogP contribution is -2.29. The first kappa shape index (κ1) is 12.1. The highest BCUT2D eigenvalue weighted by atomic mass is 16.2. The van der Waals surface area contributed by atoms with E-state index in [-0.39, 0.29) is 17.5 Å². The second-order valence-electron chi connectivity index (χ2n) is 4.03. The molecule has 0 bridgehead atoms. The van der Waals surface area contributed by atoms with Gasteiger partial charge >= 0.3 is 0 Å². The fourth-order valence-corrected chi connectivity index (χ4v) is 1.57. The SMILES string of the molecule is Cc1cc(=O)c(C(=O)NCc2nccn2C)c[nH]1. The first-order valence-corrected chi connectivity index (χ1v) is 5.51. The van der Waals surface area contributed by atoms with Gasteiger partial charge in [-0.15, -0.1) is 0 Å². The molecule has 2 aromatic heterocycles. The van der Waals surface area contributed by atoms with Crippen molar-refractivity contribution in [3.63, 3.8) is 0 Å². The van der Waals surface area contributed by atoms with Crippen LogP contribution in [-0.2, 0) is 13.6 Å². The molecule has 1 amide bonds. The predicted molar refractivity (Wildman–Crippen MR) is 66.2 cm³/mol. The molecule has 0 aliphatic heterocycles. The van der Waals surface area contributed by atoms with Gasteiger partial charge in [-0.2, -0.15) is 0 Å². The topological polar surface area (TPSA) is 79.8 Å². The van der Waals surface area contributed by atoms with E-state index >= 15 is 0 Å². The number of imidazole rings is 1. The molecule has 6 heteroatoms. The number of aromatic amines is 1. The van der Waals surface area contributed by atoms with Crippen LogP contribution in [0.2, 0.25) is 0 Å². The van der Waals surface area contributed by atoms with Gasteiger partial charge in [0.25, 0.3) is 5.91 Å². The van der Waals surface area contributed by atoms with Crippen molar-refractivity contribution >= 4 is 5.91 Å². The van der Waals surface area contributed by atoms with Crippen LogP contribution in [0.15, 0.2) is 29.5 Å². The second-order valence-corrected chi connectivity index (χ2v) is 4.03. The van der Waals surface area contributed by atoms with Gasteiger partial charge in [-0.25, -0.2) is 4.98 Å². The van der Waals surface area contributed by atoms with Crippen molar-refractivity contribution in [1.82, 2.24) is 19.9 Å². The van der Waals surface area contributed by atoms with Crippen LogP contribution in [0.1, 0.15) is 21.9 Å². The van der Waals surface area contributed by atoms with Crippen molar-refractivity contribution in [2.24, 2.45) is 7.05 Å². The molecule has 0 aliphatic carbocycles. The number of H-pyrrole nitrogens is 1. The van der Waals surface area contributed by atoms with Crippen LogP contribution in [-0.4, -0.2) is 20.4 Å². The van der Waals surface area contributed by atoms with Gasteiger partial charge in [0.15, 0.2) is 5.43 Å². The molecule has 2 heterocycles. The minimum absolute atomic E-state index is 0.106. The zero-order chi connectivity index (χ0) is 13.1. The molecule has 0 aromatic carbocycles. The van der Waals surface area contributed by atoms with E-state index in [1.807, 2.05) is 7.05 Å². The lowest BCUT2D eigenvalue weighted by Gasteiger charge is -2.05. The number of amides is 1. The number of nitrogens with one attached hydrogen (secondary N) is 2. The molecule has 0 aliphatic rings. The monoisotopic (exact) mass is 246 g/mol. The van der Waals surface area contributed by atoms with Crippen LogP contribution in [0.3, 0.4) is 0 Å². The third-order valence-corrected chi connectivity index (χ3v) is 2.63. The van der Waals surface area contributed by atoms with Crippen LogP contribution in [0.25, 0.3) is 0 Å². The van der Waals surface area contributed by atoms with E-state index in [2.05, 4.69) is 15.3 Å². The van der Waals surface area contributed by atoms with Gasteiger partial charge < -0.3 is 14.9 Å². The highest BCUT2D eigenvalue weighted by molar-refractivity contribution is 5.93. The molecule has 18 heavy (non-hydrogen) atoms. The van der Waals surface area contributed by atoms with Crippen LogP contribution in [0.5, 0.6) is 0 Å². The summed E-state index contributed by atoms with van der Waals surface area (Å²) in [6.45, 7) is 2.05. The first-order valence-electron chi connectivity index (χ1n) is 5.51. The number of aromatic nitrogens is 3. The number of carbonyl (C=O) groups excluding carboxylic acids is 1. The molecule has 0 fully saturated rings. The summed E-state index contributed by atoms with van der Waals surface area (Å²) in [5.41, 5.74) is 0.541. The van der Waals surface area contributed by atoms with Crippen LogP contribution >= 0.6 is 0 Å². The van der Waals surface area contributed by atoms with Gasteiger partial charge in [0, 0.05) is 37.4 Å². The summed E-state index contributed by atoms with van der Waals surface area (Å²) in [7, 11) is 1.84. The summed E-state index contributed by atoms with van der Waals surface area (Å²) in [6.07, 6.45) is 4.87. The molecule has 2 rings (SSSR count). The standard InChI is InChI=1S/C12H14N4O2/c1-8-5-10(17)9(6-14-8)12(18)15-7-11-13-3-4-16(11)2/h3-6H,7H2,1-2H3,(H,14,17)(H,15,18). The molecular formula is C12H14N4O2. The van der Waals surface area contributed by atoms with Gasteiger partial charge in [0.1, 0.15) is 11.4 Å². The maximum Gasteiger partial charge on any atom is 0.257 e. The lowest BCUT2D eigenvalue weighted by atomic mass is 10.2. The third-order valence-electron chi connectivity index (χ3n) is 2.63. The second kappa shape index (κ2) is 4.87. The summed E-state index contributed by atoms with van der Waals surface area (Å²) in [5.74, 6) is 0.325. The number of hydrogen-bond acceptors (Lipinski definition) is 3. The number of nitrogens with zero attached hydrogens (tertiary/aromatic N) is 2. The van der Waals surface area contributed by atoms with Crippen molar-refractivity contribution in [2.75, 3.05) is 0 Å². The summed E-state index contributed by atoms with van der Waals surface area (Å²) in [4.78, 5) is 30.3. The molecule has 0 unspecified atom stereocenters. The molecule has 6 nitrogen and oxygen atoms in total. The summed E-state index contributed by atoms with van der Waals surface area (Å²) in [6, 6.07) is 1.40. The van der Waals surface area contributed by atoms with Crippen molar-refractivity contribution in [3.05, 3.63) is 52.0 Å². The zero-order valence-electron chi connectivity index (χ0n) is 10.2. The number of rotatable bonds is 3. The Hall–Kier alpha value is -2.37. The highest BCUT2D eigenvalue weighted by Gasteiger charge is 2.10. The number of aryl methyl sites for hydroxylation is 2. The van der Waals surface area contributed by atoms with Crippen molar-refractivity contribution in [1.29, 1.82) is 0 Å². The first-order chi connectivity index (χ1) is 8.58. The Labute approximate surface area is 104 Å². The summed E-state index contributed by atoms with van der Waals surface area (Å²) < 4.78 is 1.81. The molecule has 0 saturated carbocycles. The predicted octanol–water partition coefficient (Wildman–Crippen LogP) is 0.347. The number of pyridine rings is 1. The van der Waals surface area contributed by atoms with Crippen LogP contribution < -0.4 is 10.7 Å². The van der Waals surface area contributed by atoms with E-state index < -0.39 is 5.91 Å². The van der Waals surface area contributed by atoms with E-state index in [4.69, 9.17) is 0 Å². The van der Waals surface area contributed by atoms with Crippen molar-refractivity contribution in [3.8, 4) is 0 Å². The molecular weight excluding hydrogens is 232 g/mol. The molecule has 0 spiro atoms. The Morgan fingerprint density at radius 3 is 2.94 bits per heavy atom. The quantitative estimate of drug-likeness (QED) is 0.820. The fraction of sp³-hybridized carbons (Fsp3) is 0.250. The molecule has 0 saturated heterocycles. The average molecular weight is 246 g/mol. The van der Waals surface area contributed by atoms with E-state index in [0.29, 0.717) is 0 Å². The van der Waals surface area contributed by atoms with Gasteiger partial charge in [-0.3, -0.25) is 9.59 Å². The van der Waals surface area contributed by atoms with Crippen molar-refractivity contribution < 1.29 is 4.79 Å². The average Bonchev–Trinajstić information content (AvgIpc) is 2.72. The Bertz CT molecular complexity index is 627.